The highest BCUT2D eigenvalue weighted by Crippen LogP contribution is 2.29. The summed E-state index contributed by atoms with van der Waals surface area (Å²) in [5.41, 5.74) is 1.89. The number of halogens is 1. The molecule has 0 unspecified atom stereocenters. The lowest BCUT2D eigenvalue weighted by Gasteiger charge is -2.13. The Morgan fingerprint density at radius 1 is 1.19 bits per heavy atom. The summed E-state index contributed by atoms with van der Waals surface area (Å²) in [6, 6.07) is 8.26. The van der Waals surface area contributed by atoms with E-state index >= 15 is 0 Å². The number of pyridine rings is 1. The molecular weight excluding hydrogens is 356 g/mol. The van der Waals surface area contributed by atoms with E-state index in [4.69, 9.17) is 4.74 Å². The Balaban J connectivity index is 2.45. The van der Waals surface area contributed by atoms with Crippen LogP contribution in [0.15, 0.2) is 39.7 Å². The molecule has 0 spiro atoms. The molecule has 1 aromatic carbocycles. The van der Waals surface area contributed by atoms with Crippen molar-refractivity contribution in [3.8, 4) is 5.75 Å². The Morgan fingerprint density at radius 3 is 2.52 bits per heavy atom. The first kappa shape index (κ1) is 15.8. The Bertz CT molecular complexity index is 776. The van der Waals surface area contributed by atoms with Crippen LogP contribution in [0.5, 0.6) is 5.75 Å². The zero-order valence-corrected chi connectivity index (χ0v) is 14.2. The SMILES string of the molecule is COc1ccc(Br)cc1S(=O)(=O)Nc1ccc(C)nc1C. The summed E-state index contributed by atoms with van der Waals surface area (Å²) >= 11 is 3.27. The first-order valence-electron chi connectivity index (χ1n) is 6.14. The average molecular weight is 371 g/mol. The first-order valence-corrected chi connectivity index (χ1v) is 8.42. The van der Waals surface area contributed by atoms with Gasteiger partial charge in [0.25, 0.3) is 10.0 Å². The van der Waals surface area contributed by atoms with Crippen LogP contribution in [0.25, 0.3) is 0 Å². The first-order chi connectivity index (χ1) is 9.83. The zero-order chi connectivity index (χ0) is 15.6. The van der Waals surface area contributed by atoms with Crippen LogP contribution >= 0.6 is 15.9 Å². The minimum Gasteiger partial charge on any atom is -0.495 e. The molecule has 0 aliphatic rings. The number of aromatic nitrogens is 1. The summed E-state index contributed by atoms with van der Waals surface area (Å²) in [6.45, 7) is 3.60. The Kier molecular flexibility index (Phi) is 4.53. The lowest BCUT2D eigenvalue weighted by molar-refractivity contribution is 0.403. The molecule has 1 N–H and O–H groups in total. The molecule has 0 radical (unpaired) electrons. The van der Waals surface area contributed by atoms with E-state index in [1.165, 1.54) is 13.2 Å². The molecule has 7 heteroatoms. The van der Waals surface area contributed by atoms with Crippen LogP contribution in [-0.4, -0.2) is 20.5 Å². The molecule has 2 aromatic rings. The number of nitrogens with zero attached hydrogens (tertiary/aromatic N) is 1. The standard InChI is InChI=1S/C14H15BrN2O3S/c1-9-4-6-12(10(2)16-9)17-21(18,19)14-8-11(15)5-7-13(14)20-3/h4-8,17H,1-3H3. The topological polar surface area (TPSA) is 68.3 Å². The van der Waals surface area contributed by atoms with Gasteiger partial charge in [0.1, 0.15) is 10.6 Å². The van der Waals surface area contributed by atoms with Crippen molar-refractivity contribution in [2.75, 3.05) is 11.8 Å². The molecule has 0 amide bonds. The summed E-state index contributed by atoms with van der Waals surface area (Å²) in [4.78, 5) is 4.31. The van der Waals surface area contributed by atoms with Crippen molar-refractivity contribution in [2.45, 2.75) is 18.7 Å². The van der Waals surface area contributed by atoms with E-state index in [9.17, 15) is 8.42 Å². The summed E-state index contributed by atoms with van der Waals surface area (Å²) in [6.07, 6.45) is 0. The number of ether oxygens (including phenoxy) is 1. The zero-order valence-electron chi connectivity index (χ0n) is 11.8. The van der Waals surface area contributed by atoms with Gasteiger partial charge in [-0.3, -0.25) is 9.71 Å². The fourth-order valence-electron chi connectivity index (χ4n) is 1.85. The second-order valence-corrected chi connectivity index (χ2v) is 7.05. The maximum absolute atomic E-state index is 12.5. The highest BCUT2D eigenvalue weighted by atomic mass is 79.9. The van der Waals surface area contributed by atoms with Gasteiger partial charge in [-0.15, -0.1) is 0 Å². The minimum absolute atomic E-state index is 0.0688. The monoisotopic (exact) mass is 370 g/mol. The third kappa shape index (κ3) is 3.54. The van der Waals surface area contributed by atoms with Crippen molar-refractivity contribution >= 4 is 31.6 Å². The van der Waals surface area contributed by atoms with Gasteiger partial charge in [-0.1, -0.05) is 15.9 Å². The number of hydrogen-bond acceptors (Lipinski definition) is 4. The van der Waals surface area contributed by atoms with Crippen LogP contribution < -0.4 is 9.46 Å². The number of aryl methyl sites for hydroxylation is 2. The van der Waals surface area contributed by atoms with Crippen molar-refractivity contribution in [1.82, 2.24) is 4.98 Å². The van der Waals surface area contributed by atoms with Gasteiger partial charge < -0.3 is 4.74 Å². The highest BCUT2D eigenvalue weighted by Gasteiger charge is 2.21. The van der Waals surface area contributed by atoms with E-state index in [-0.39, 0.29) is 10.6 Å². The number of nitrogens with one attached hydrogen (secondary N) is 1. The second kappa shape index (κ2) is 6.03. The largest absolute Gasteiger partial charge is 0.495 e. The van der Waals surface area contributed by atoms with Crippen molar-refractivity contribution in [2.24, 2.45) is 0 Å². The minimum atomic E-state index is -3.76. The maximum Gasteiger partial charge on any atom is 0.265 e. The lowest BCUT2D eigenvalue weighted by atomic mass is 10.3. The third-order valence-electron chi connectivity index (χ3n) is 2.88. The molecular formula is C14H15BrN2O3S. The van der Waals surface area contributed by atoms with Gasteiger partial charge in [0.05, 0.1) is 18.5 Å². The Hall–Kier alpha value is -1.60. The molecule has 0 bridgehead atoms. The molecule has 1 aromatic heterocycles. The molecule has 5 nitrogen and oxygen atoms in total. The molecule has 0 fully saturated rings. The van der Waals surface area contributed by atoms with E-state index in [0.29, 0.717) is 15.9 Å². The molecule has 0 aliphatic heterocycles. The molecule has 0 aliphatic carbocycles. The van der Waals surface area contributed by atoms with Crippen LogP contribution in [0.4, 0.5) is 5.69 Å². The van der Waals surface area contributed by atoms with Gasteiger partial charge in [0.15, 0.2) is 0 Å². The van der Waals surface area contributed by atoms with Gasteiger partial charge in [0, 0.05) is 10.2 Å². The van der Waals surface area contributed by atoms with Crippen molar-refractivity contribution < 1.29 is 13.2 Å². The van der Waals surface area contributed by atoms with E-state index in [1.54, 1.807) is 31.2 Å². The van der Waals surface area contributed by atoms with Crippen LogP contribution in [0, 0.1) is 13.8 Å². The summed E-state index contributed by atoms with van der Waals surface area (Å²) in [5.74, 6) is 0.281. The van der Waals surface area contributed by atoms with Crippen molar-refractivity contribution in [3.63, 3.8) is 0 Å². The molecule has 21 heavy (non-hydrogen) atoms. The van der Waals surface area contributed by atoms with Crippen LogP contribution in [-0.2, 0) is 10.0 Å². The van der Waals surface area contributed by atoms with Crippen molar-refractivity contribution in [1.29, 1.82) is 0 Å². The quantitative estimate of drug-likeness (QED) is 0.896. The summed E-state index contributed by atoms with van der Waals surface area (Å²) < 4.78 is 33.4. The van der Waals surface area contributed by atoms with Gasteiger partial charge in [-0.25, -0.2) is 8.42 Å². The normalized spacial score (nSPS) is 11.2. The molecule has 0 saturated heterocycles. The molecule has 0 atom stereocenters. The number of rotatable bonds is 4. The Morgan fingerprint density at radius 2 is 1.90 bits per heavy atom. The molecule has 112 valence electrons. The predicted molar refractivity (Wildman–Crippen MR) is 85.2 cm³/mol. The van der Waals surface area contributed by atoms with Gasteiger partial charge in [0.2, 0.25) is 0 Å². The number of hydrogen-bond donors (Lipinski definition) is 1. The van der Waals surface area contributed by atoms with Crippen LogP contribution in [0.1, 0.15) is 11.4 Å². The van der Waals surface area contributed by atoms with E-state index < -0.39 is 10.0 Å². The smallest absolute Gasteiger partial charge is 0.265 e. The van der Waals surface area contributed by atoms with Crippen LogP contribution in [0.2, 0.25) is 0 Å². The summed E-state index contributed by atoms with van der Waals surface area (Å²) in [7, 11) is -2.33. The lowest BCUT2D eigenvalue weighted by Crippen LogP contribution is -2.15. The molecule has 0 saturated carbocycles. The fourth-order valence-corrected chi connectivity index (χ4v) is 3.68. The van der Waals surface area contributed by atoms with Gasteiger partial charge in [-0.05, 0) is 44.2 Å². The predicted octanol–water partition coefficient (Wildman–Crippen LogP) is 3.27. The third-order valence-corrected chi connectivity index (χ3v) is 4.76. The van der Waals surface area contributed by atoms with E-state index in [1.807, 2.05) is 6.92 Å². The average Bonchev–Trinajstić information content (AvgIpc) is 2.42. The number of benzene rings is 1. The maximum atomic E-state index is 12.5. The summed E-state index contributed by atoms with van der Waals surface area (Å²) in [5, 5.41) is 0. The molecule has 1 heterocycles. The highest BCUT2D eigenvalue weighted by molar-refractivity contribution is 9.10. The Labute approximate surface area is 132 Å². The number of sulfonamides is 1. The number of methoxy groups -OCH3 is 1. The van der Waals surface area contributed by atoms with Crippen molar-refractivity contribution in [3.05, 3.63) is 46.2 Å². The second-order valence-electron chi connectivity index (χ2n) is 4.49. The van der Waals surface area contributed by atoms with Crippen LogP contribution in [0.3, 0.4) is 0 Å². The number of anilines is 1. The van der Waals surface area contributed by atoms with Gasteiger partial charge in [-0.2, -0.15) is 0 Å². The molecule has 2 rings (SSSR count). The van der Waals surface area contributed by atoms with E-state index in [0.717, 1.165) is 5.69 Å². The fraction of sp³-hybridized carbons (Fsp3) is 0.214. The van der Waals surface area contributed by atoms with E-state index in [2.05, 4.69) is 25.6 Å². The van der Waals surface area contributed by atoms with Gasteiger partial charge >= 0.3 is 0 Å².